The molecular formula is C15H19NO3S. The van der Waals surface area contributed by atoms with E-state index in [0.29, 0.717) is 11.7 Å². The highest BCUT2D eigenvalue weighted by Gasteiger charge is 2.22. The normalized spacial score (nSPS) is 18.9. The fourth-order valence-corrected chi connectivity index (χ4v) is 3.42. The Balaban J connectivity index is 1.95. The Morgan fingerprint density at radius 3 is 2.65 bits per heavy atom. The molecule has 1 amide bonds. The topological polar surface area (TPSA) is 57.6 Å². The summed E-state index contributed by atoms with van der Waals surface area (Å²) in [5, 5.41) is 9.38. The van der Waals surface area contributed by atoms with Gasteiger partial charge >= 0.3 is 5.97 Å². The van der Waals surface area contributed by atoms with Crippen LogP contribution in [0.4, 0.5) is 0 Å². The second-order valence-electron chi connectivity index (χ2n) is 4.92. The van der Waals surface area contributed by atoms with Gasteiger partial charge in [-0.05, 0) is 24.1 Å². The van der Waals surface area contributed by atoms with Crippen molar-refractivity contribution in [3.63, 3.8) is 0 Å². The van der Waals surface area contributed by atoms with Crippen molar-refractivity contribution in [1.29, 1.82) is 0 Å². The summed E-state index contributed by atoms with van der Waals surface area (Å²) in [5.41, 5.74) is 1.12. The van der Waals surface area contributed by atoms with Crippen LogP contribution in [0.1, 0.15) is 29.3 Å². The van der Waals surface area contributed by atoms with Gasteiger partial charge in [0.05, 0.1) is 12.0 Å². The molecule has 0 aliphatic carbocycles. The quantitative estimate of drug-likeness (QED) is 0.925. The molecule has 5 heteroatoms. The Labute approximate surface area is 123 Å². The largest absolute Gasteiger partial charge is 0.478 e. The highest BCUT2D eigenvalue weighted by Crippen LogP contribution is 2.21. The number of carbonyl (C=O) groups excluding carboxylic acids is 1. The average Bonchev–Trinajstić information content (AvgIpc) is 2.47. The zero-order valence-corrected chi connectivity index (χ0v) is 12.4. The smallest absolute Gasteiger partial charge is 0.335 e. The van der Waals surface area contributed by atoms with Crippen molar-refractivity contribution in [2.45, 2.75) is 25.0 Å². The third-order valence-electron chi connectivity index (χ3n) is 3.50. The molecule has 1 aliphatic heterocycles. The van der Waals surface area contributed by atoms with Gasteiger partial charge in [0.2, 0.25) is 5.91 Å². The molecule has 0 bridgehead atoms. The molecule has 2 rings (SSSR count). The van der Waals surface area contributed by atoms with Gasteiger partial charge in [0.25, 0.3) is 0 Å². The Morgan fingerprint density at radius 1 is 1.35 bits per heavy atom. The minimum atomic E-state index is -0.943. The van der Waals surface area contributed by atoms with Crippen LogP contribution in [-0.2, 0) is 11.2 Å². The van der Waals surface area contributed by atoms with Crippen molar-refractivity contribution in [3.05, 3.63) is 35.4 Å². The van der Waals surface area contributed by atoms with Gasteiger partial charge in [0.15, 0.2) is 0 Å². The molecule has 4 nitrogen and oxygen atoms in total. The summed E-state index contributed by atoms with van der Waals surface area (Å²) in [6.07, 6.45) is 1.43. The van der Waals surface area contributed by atoms with Crippen LogP contribution in [0.15, 0.2) is 24.3 Å². The highest BCUT2D eigenvalue weighted by atomic mass is 32.2. The maximum Gasteiger partial charge on any atom is 0.335 e. The van der Waals surface area contributed by atoms with Crippen molar-refractivity contribution >= 4 is 23.6 Å². The van der Waals surface area contributed by atoms with Crippen LogP contribution in [0.25, 0.3) is 0 Å². The fraction of sp³-hybridized carbons (Fsp3) is 0.467. The molecule has 1 heterocycles. The number of rotatable bonds is 4. The van der Waals surface area contributed by atoms with Crippen LogP contribution in [0.5, 0.6) is 0 Å². The molecule has 1 saturated heterocycles. The number of amides is 1. The molecule has 1 aromatic carbocycles. The van der Waals surface area contributed by atoms with Crippen LogP contribution < -0.4 is 0 Å². The van der Waals surface area contributed by atoms with Gasteiger partial charge in [0, 0.05) is 24.1 Å². The van der Waals surface area contributed by atoms with Crippen LogP contribution in [-0.4, -0.2) is 46.0 Å². The molecule has 1 atom stereocenters. The molecule has 1 aromatic rings. The van der Waals surface area contributed by atoms with Gasteiger partial charge in [-0.3, -0.25) is 4.79 Å². The van der Waals surface area contributed by atoms with E-state index in [1.807, 2.05) is 16.7 Å². The van der Waals surface area contributed by atoms with Crippen molar-refractivity contribution in [2.24, 2.45) is 0 Å². The molecule has 1 unspecified atom stereocenters. The van der Waals surface area contributed by atoms with Crippen molar-refractivity contribution < 1.29 is 14.7 Å². The SMILES string of the molecule is CCC1CN(C(=O)Cc2ccc(C(=O)O)cc2)CCS1. The Bertz CT molecular complexity index is 486. The number of carbonyl (C=O) groups is 2. The lowest BCUT2D eigenvalue weighted by Gasteiger charge is -2.32. The second-order valence-corrected chi connectivity index (χ2v) is 6.33. The second kappa shape index (κ2) is 6.79. The standard InChI is InChI=1S/C15H19NO3S/c1-2-13-10-16(7-8-20-13)14(17)9-11-3-5-12(6-4-11)15(18)19/h3-6,13H,2,7-10H2,1H3,(H,18,19). The van der Waals surface area contributed by atoms with Gasteiger partial charge in [-0.15, -0.1) is 0 Å². The fourth-order valence-electron chi connectivity index (χ4n) is 2.24. The number of carboxylic acids is 1. The van der Waals surface area contributed by atoms with E-state index in [1.54, 1.807) is 24.3 Å². The van der Waals surface area contributed by atoms with E-state index < -0.39 is 5.97 Å². The summed E-state index contributed by atoms with van der Waals surface area (Å²) in [7, 11) is 0. The Hall–Kier alpha value is -1.49. The molecule has 1 N–H and O–H groups in total. The zero-order chi connectivity index (χ0) is 14.5. The lowest BCUT2D eigenvalue weighted by molar-refractivity contribution is -0.130. The molecule has 1 aliphatic rings. The van der Waals surface area contributed by atoms with Crippen LogP contribution in [0.2, 0.25) is 0 Å². The van der Waals surface area contributed by atoms with E-state index in [1.165, 1.54) is 0 Å². The summed E-state index contributed by atoms with van der Waals surface area (Å²) < 4.78 is 0. The van der Waals surface area contributed by atoms with Crippen molar-refractivity contribution in [1.82, 2.24) is 4.90 Å². The number of nitrogens with zero attached hydrogens (tertiary/aromatic N) is 1. The minimum Gasteiger partial charge on any atom is -0.478 e. The Morgan fingerprint density at radius 2 is 2.05 bits per heavy atom. The zero-order valence-electron chi connectivity index (χ0n) is 11.5. The summed E-state index contributed by atoms with van der Waals surface area (Å²) in [4.78, 5) is 24.9. The molecule has 1 fully saturated rings. The van der Waals surface area contributed by atoms with E-state index in [4.69, 9.17) is 5.11 Å². The molecule has 0 spiro atoms. The van der Waals surface area contributed by atoms with Crippen LogP contribution >= 0.6 is 11.8 Å². The third-order valence-corrected chi connectivity index (χ3v) is 4.88. The van der Waals surface area contributed by atoms with Gasteiger partial charge in [-0.1, -0.05) is 19.1 Å². The molecule has 20 heavy (non-hydrogen) atoms. The van der Waals surface area contributed by atoms with Gasteiger partial charge in [0.1, 0.15) is 0 Å². The predicted octanol–water partition coefficient (Wildman–Crippen LogP) is 2.28. The molecule has 0 saturated carbocycles. The monoisotopic (exact) mass is 293 g/mol. The van der Waals surface area contributed by atoms with Gasteiger partial charge in [-0.25, -0.2) is 4.79 Å². The number of benzene rings is 1. The van der Waals surface area contributed by atoms with Crippen LogP contribution in [0, 0.1) is 0 Å². The van der Waals surface area contributed by atoms with Crippen molar-refractivity contribution in [2.75, 3.05) is 18.8 Å². The first-order chi connectivity index (χ1) is 9.60. The summed E-state index contributed by atoms with van der Waals surface area (Å²) in [6, 6.07) is 6.53. The number of aromatic carboxylic acids is 1. The van der Waals surface area contributed by atoms with Gasteiger partial charge < -0.3 is 10.0 Å². The van der Waals surface area contributed by atoms with E-state index in [9.17, 15) is 9.59 Å². The maximum absolute atomic E-state index is 12.2. The van der Waals surface area contributed by atoms with Crippen molar-refractivity contribution in [3.8, 4) is 0 Å². The highest BCUT2D eigenvalue weighted by molar-refractivity contribution is 8.00. The number of hydrogen-bond donors (Lipinski definition) is 1. The summed E-state index contributed by atoms with van der Waals surface area (Å²) in [5.74, 6) is 0.191. The van der Waals surface area contributed by atoms with E-state index in [0.717, 1.165) is 30.8 Å². The number of hydrogen-bond acceptors (Lipinski definition) is 3. The first-order valence-corrected chi connectivity index (χ1v) is 7.86. The van der Waals surface area contributed by atoms with E-state index in [-0.39, 0.29) is 11.5 Å². The molecule has 108 valence electrons. The summed E-state index contributed by atoms with van der Waals surface area (Å²) >= 11 is 1.94. The molecule has 0 radical (unpaired) electrons. The molecular weight excluding hydrogens is 274 g/mol. The first-order valence-electron chi connectivity index (χ1n) is 6.81. The average molecular weight is 293 g/mol. The minimum absolute atomic E-state index is 0.131. The lowest BCUT2D eigenvalue weighted by atomic mass is 10.1. The number of carboxylic acid groups (broad SMARTS) is 1. The predicted molar refractivity (Wildman–Crippen MR) is 80.2 cm³/mol. The maximum atomic E-state index is 12.2. The third kappa shape index (κ3) is 3.76. The van der Waals surface area contributed by atoms with Gasteiger partial charge in [-0.2, -0.15) is 11.8 Å². The van der Waals surface area contributed by atoms with E-state index >= 15 is 0 Å². The first kappa shape index (κ1) is 14.9. The Kier molecular flexibility index (Phi) is 5.06. The van der Waals surface area contributed by atoms with Crippen LogP contribution in [0.3, 0.4) is 0 Å². The lowest BCUT2D eigenvalue weighted by Crippen LogP contribution is -2.42. The van der Waals surface area contributed by atoms with E-state index in [2.05, 4.69) is 6.92 Å². The summed E-state index contributed by atoms with van der Waals surface area (Å²) in [6.45, 7) is 3.79. The molecule has 0 aromatic heterocycles. The number of thioether (sulfide) groups is 1.